The van der Waals surface area contributed by atoms with Gasteiger partial charge in [0.15, 0.2) is 0 Å². The molecule has 0 saturated heterocycles. The molecule has 0 spiro atoms. The van der Waals surface area contributed by atoms with Crippen molar-refractivity contribution in [3.63, 3.8) is 0 Å². The fourth-order valence-electron chi connectivity index (χ4n) is 2.64. The van der Waals surface area contributed by atoms with Crippen LogP contribution >= 0.6 is 9.03 Å². The summed E-state index contributed by atoms with van der Waals surface area (Å²) in [6, 6.07) is 11.9. The Balaban J connectivity index is 0.00000220. The van der Waals surface area contributed by atoms with Crippen molar-refractivity contribution in [3.8, 4) is 11.1 Å². The average molecular weight is 294 g/mol. The zero-order valence-corrected chi connectivity index (χ0v) is 13.7. The summed E-state index contributed by atoms with van der Waals surface area (Å²) in [5, 5.41) is 0. The first-order chi connectivity index (χ1) is 9.56. The molecule has 2 aromatic rings. The van der Waals surface area contributed by atoms with Crippen molar-refractivity contribution < 1.29 is 33.1 Å². The number of rotatable bonds is 3. The molecule has 0 aliphatic rings. The van der Waals surface area contributed by atoms with E-state index in [0.29, 0.717) is 5.56 Å². The minimum Gasteiger partial charge on any atom is -0.800 e. The Bertz CT molecular complexity index is 642. The van der Waals surface area contributed by atoms with Crippen LogP contribution in [0.25, 0.3) is 11.1 Å². The van der Waals surface area contributed by atoms with E-state index in [1.54, 1.807) is 0 Å². The topological polar surface area (TPSA) is 49.4 Å². The van der Waals surface area contributed by atoms with E-state index in [1.165, 1.54) is 0 Å². The van der Waals surface area contributed by atoms with Crippen LogP contribution in [0.5, 0.6) is 0 Å². The first-order valence-electron chi connectivity index (χ1n) is 6.30. The molecule has 0 aliphatic heterocycles. The first kappa shape index (κ1) is 17.9. The van der Waals surface area contributed by atoms with Gasteiger partial charge >= 0.3 is 24.8 Å². The molecule has 0 aromatic heterocycles. The zero-order chi connectivity index (χ0) is 14.7. The number of hydrogen-bond acceptors (Lipinski definition) is 3. The standard InChI is InChI=1S/C16H16O3P.Li/c1-10-9-11(2)15(16(17)19-20-18)12(3)14(10)13-7-5-4-6-8-13;/h4-9,20H,1-3H3;/q-1;+1. The Morgan fingerprint density at radius 3 is 2.29 bits per heavy atom. The van der Waals surface area contributed by atoms with Crippen LogP contribution in [0.15, 0.2) is 36.4 Å². The molecule has 5 heteroatoms. The SMILES string of the molecule is Cc1cc(C)c(-c2ccccc2)c(C)c1C(=O)OP[O-].[Li+]. The van der Waals surface area contributed by atoms with E-state index in [4.69, 9.17) is 0 Å². The molecule has 104 valence electrons. The second-order valence-corrected chi connectivity index (χ2v) is 5.10. The molecule has 21 heavy (non-hydrogen) atoms. The van der Waals surface area contributed by atoms with E-state index in [-0.39, 0.29) is 18.9 Å². The second-order valence-electron chi connectivity index (χ2n) is 4.72. The first-order valence-corrected chi connectivity index (χ1v) is 7.12. The maximum atomic E-state index is 12.0. The summed E-state index contributed by atoms with van der Waals surface area (Å²) >= 11 is 0. The van der Waals surface area contributed by atoms with Gasteiger partial charge in [-0.25, -0.2) is 4.79 Å². The molecular formula is C16H16LiO3P. The van der Waals surface area contributed by atoms with Crippen LogP contribution in [0.1, 0.15) is 27.0 Å². The van der Waals surface area contributed by atoms with Gasteiger partial charge in [0, 0.05) is 0 Å². The molecule has 0 fully saturated rings. The van der Waals surface area contributed by atoms with Gasteiger partial charge in [0.25, 0.3) is 0 Å². The molecule has 2 rings (SSSR count). The van der Waals surface area contributed by atoms with Crippen molar-refractivity contribution in [1.29, 1.82) is 0 Å². The summed E-state index contributed by atoms with van der Waals surface area (Å²) in [5.41, 5.74) is 5.38. The van der Waals surface area contributed by atoms with E-state index in [0.717, 1.165) is 27.8 Å². The predicted octanol–water partition coefficient (Wildman–Crippen LogP) is 0.308. The van der Waals surface area contributed by atoms with Gasteiger partial charge in [-0.1, -0.05) is 36.4 Å². The number of carbonyl (C=O) groups excluding carboxylic acids is 1. The summed E-state index contributed by atoms with van der Waals surface area (Å²) in [7, 11) is -1.08. The molecule has 3 nitrogen and oxygen atoms in total. The van der Waals surface area contributed by atoms with Crippen molar-refractivity contribution in [3.05, 3.63) is 58.7 Å². The average Bonchev–Trinajstić information content (AvgIpc) is 2.39. The van der Waals surface area contributed by atoms with Crippen molar-refractivity contribution in [2.45, 2.75) is 20.8 Å². The van der Waals surface area contributed by atoms with Gasteiger partial charge in [-0.05, 0) is 57.6 Å². The second kappa shape index (κ2) is 7.78. The van der Waals surface area contributed by atoms with E-state index < -0.39 is 15.0 Å². The Kier molecular flexibility index (Phi) is 6.65. The van der Waals surface area contributed by atoms with Crippen LogP contribution < -0.4 is 23.8 Å². The van der Waals surface area contributed by atoms with E-state index in [1.807, 2.05) is 57.2 Å². The summed E-state index contributed by atoms with van der Waals surface area (Å²) in [6.07, 6.45) is 0. The summed E-state index contributed by atoms with van der Waals surface area (Å²) in [4.78, 5) is 22.5. The number of aryl methyl sites for hydroxylation is 2. The molecule has 0 bridgehead atoms. The van der Waals surface area contributed by atoms with Crippen molar-refractivity contribution in [2.24, 2.45) is 0 Å². The third-order valence-electron chi connectivity index (χ3n) is 3.37. The monoisotopic (exact) mass is 294 g/mol. The summed E-state index contributed by atoms with van der Waals surface area (Å²) < 4.78 is 4.65. The third kappa shape index (κ3) is 3.76. The van der Waals surface area contributed by atoms with Crippen LogP contribution in [0.2, 0.25) is 0 Å². The van der Waals surface area contributed by atoms with Gasteiger partial charge in [0.1, 0.15) is 0 Å². The zero-order valence-electron chi connectivity index (χ0n) is 12.7. The summed E-state index contributed by atoms with van der Waals surface area (Å²) in [5.74, 6) is -0.537. The van der Waals surface area contributed by atoms with Gasteiger partial charge in [0.05, 0.1) is 5.56 Å². The fraction of sp³-hybridized carbons (Fsp3) is 0.188. The van der Waals surface area contributed by atoms with Crippen molar-refractivity contribution in [1.82, 2.24) is 0 Å². The minimum absolute atomic E-state index is 0. The molecule has 0 radical (unpaired) electrons. The van der Waals surface area contributed by atoms with Gasteiger partial charge < -0.3 is 9.42 Å². The molecule has 0 heterocycles. The van der Waals surface area contributed by atoms with Gasteiger partial charge in [-0.2, -0.15) is 0 Å². The van der Waals surface area contributed by atoms with E-state index in [2.05, 4.69) is 4.52 Å². The van der Waals surface area contributed by atoms with Gasteiger partial charge in [-0.15, -0.1) is 0 Å². The van der Waals surface area contributed by atoms with Crippen LogP contribution in [0.4, 0.5) is 0 Å². The fourth-order valence-corrected chi connectivity index (χ4v) is 2.82. The Morgan fingerprint density at radius 1 is 1.10 bits per heavy atom. The smallest absolute Gasteiger partial charge is 0.800 e. The molecule has 1 unspecified atom stereocenters. The maximum absolute atomic E-state index is 12.0. The number of hydrogen-bond donors (Lipinski definition) is 0. The van der Waals surface area contributed by atoms with E-state index in [9.17, 15) is 9.69 Å². The molecule has 0 aliphatic carbocycles. The number of benzene rings is 2. The molecule has 0 amide bonds. The number of carbonyl (C=O) groups is 1. The van der Waals surface area contributed by atoms with Gasteiger partial charge in [-0.3, -0.25) is 0 Å². The molecule has 1 atom stereocenters. The quantitative estimate of drug-likeness (QED) is 0.604. The van der Waals surface area contributed by atoms with Crippen molar-refractivity contribution >= 4 is 15.0 Å². The maximum Gasteiger partial charge on any atom is 1.00 e. The Hall–Kier alpha value is -1.10. The van der Waals surface area contributed by atoms with Crippen LogP contribution in [0, 0.1) is 20.8 Å². The normalized spacial score (nSPS) is 10.5. The largest absolute Gasteiger partial charge is 1.00 e. The van der Waals surface area contributed by atoms with Crippen molar-refractivity contribution in [2.75, 3.05) is 0 Å². The Morgan fingerprint density at radius 2 is 1.71 bits per heavy atom. The predicted molar refractivity (Wildman–Crippen MR) is 79.8 cm³/mol. The molecule has 0 N–H and O–H groups in total. The van der Waals surface area contributed by atoms with Gasteiger partial charge in [0.2, 0.25) is 0 Å². The molecular weight excluding hydrogens is 278 g/mol. The molecule has 2 aromatic carbocycles. The summed E-state index contributed by atoms with van der Waals surface area (Å²) in [6.45, 7) is 5.78. The minimum atomic E-state index is -1.08. The van der Waals surface area contributed by atoms with Crippen LogP contribution in [0.3, 0.4) is 0 Å². The third-order valence-corrected chi connectivity index (χ3v) is 3.64. The van der Waals surface area contributed by atoms with Crippen LogP contribution in [-0.2, 0) is 4.52 Å². The van der Waals surface area contributed by atoms with E-state index >= 15 is 0 Å². The molecule has 0 saturated carbocycles. The Labute approximate surface area is 138 Å². The van der Waals surface area contributed by atoms with Crippen LogP contribution in [-0.4, -0.2) is 5.97 Å².